The first-order valence-electron chi connectivity index (χ1n) is 6.75. The highest BCUT2D eigenvalue weighted by Gasteiger charge is 2.20. The zero-order valence-electron chi connectivity index (χ0n) is 11.6. The van der Waals surface area contributed by atoms with Gasteiger partial charge < -0.3 is 15.4 Å². The van der Waals surface area contributed by atoms with Crippen LogP contribution in [0.25, 0.3) is 11.1 Å². The first-order chi connectivity index (χ1) is 10.6. The molecule has 0 amide bonds. The lowest BCUT2D eigenvalue weighted by Gasteiger charge is -2.27. The minimum Gasteiger partial charge on any atom is -0.383 e. The van der Waals surface area contributed by atoms with Gasteiger partial charge in [0.2, 0.25) is 5.95 Å². The van der Waals surface area contributed by atoms with Crippen molar-refractivity contribution in [1.29, 1.82) is 0 Å². The molecule has 0 saturated carbocycles. The third-order valence-corrected chi connectivity index (χ3v) is 3.77. The molecule has 2 aromatic rings. The van der Waals surface area contributed by atoms with E-state index in [9.17, 15) is 9.18 Å². The first kappa shape index (κ1) is 14.8. The summed E-state index contributed by atoms with van der Waals surface area (Å²) in [6.45, 7) is 2.29. The summed E-state index contributed by atoms with van der Waals surface area (Å²) in [7, 11) is 0. The Hall–Kier alpha value is -2.12. The van der Waals surface area contributed by atoms with Crippen LogP contribution in [0.15, 0.2) is 23.0 Å². The number of nitrogens with two attached hydrogens (primary N) is 1. The van der Waals surface area contributed by atoms with E-state index in [1.807, 2.05) is 4.90 Å². The van der Waals surface area contributed by atoms with Crippen molar-refractivity contribution in [3.8, 4) is 11.1 Å². The summed E-state index contributed by atoms with van der Waals surface area (Å²) in [6, 6.07) is 4.17. The Morgan fingerprint density at radius 2 is 2.05 bits per heavy atom. The number of ether oxygens (including phenoxy) is 1. The van der Waals surface area contributed by atoms with Crippen LogP contribution in [0.2, 0.25) is 5.02 Å². The van der Waals surface area contributed by atoms with Crippen molar-refractivity contribution >= 4 is 23.4 Å². The van der Waals surface area contributed by atoms with E-state index in [0.29, 0.717) is 32.3 Å². The van der Waals surface area contributed by atoms with Crippen LogP contribution in [0, 0.1) is 5.82 Å². The molecule has 3 rings (SSSR count). The number of rotatable bonds is 2. The maximum absolute atomic E-state index is 14.0. The number of anilines is 2. The Kier molecular flexibility index (Phi) is 4.00. The van der Waals surface area contributed by atoms with Crippen molar-refractivity contribution in [3.05, 3.63) is 39.4 Å². The van der Waals surface area contributed by atoms with Crippen molar-refractivity contribution in [2.24, 2.45) is 0 Å². The lowest BCUT2D eigenvalue weighted by Crippen LogP contribution is -2.38. The minimum atomic E-state index is -0.620. The van der Waals surface area contributed by atoms with Gasteiger partial charge >= 0.3 is 0 Å². The molecule has 1 aromatic carbocycles. The second-order valence-electron chi connectivity index (χ2n) is 4.85. The Balaban J connectivity index is 2.09. The molecule has 2 heterocycles. The predicted molar refractivity (Wildman–Crippen MR) is 82.7 cm³/mol. The highest BCUT2D eigenvalue weighted by Crippen LogP contribution is 2.31. The monoisotopic (exact) mass is 324 g/mol. The fourth-order valence-corrected chi connectivity index (χ4v) is 2.64. The van der Waals surface area contributed by atoms with Gasteiger partial charge in [0.15, 0.2) is 0 Å². The van der Waals surface area contributed by atoms with Crippen LogP contribution in [0.5, 0.6) is 0 Å². The summed E-state index contributed by atoms with van der Waals surface area (Å²) < 4.78 is 19.3. The normalized spacial score (nSPS) is 15.1. The van der Waals surface area contributed by atoms with E-state index >= 15 is 0 Å². The Labute approximate surface area is 130 Å². The molecule has 1 saturated heterocycles. The lowest BCUT2D eigenvalue weighted by molar-refractivity contribution is 0.122. The zero-order chi connectivity index (χ0) is 15.7. The Morgan fingerprint density at radius 1 is 1.32 bits per heavy atom. The number of H-pyrrole nitrogens is 1. The molecule has 1 fully saturated rings. The van der Waals surface area contributed by atoms with Gasteiger partial charge in [-0.1, -0.05) is 17.7 Å². The van der Waals surface area contributed by atoms with Gasteiger partial charge in [-0.15, -0.1) is 0 Å². The van der Waals surface area contributed by atoms with Gasteiger partial charge in [0, 0.05) is 18.7 Å². The summed E-state index contributed by atoms with van der Waals surface area (Å²) in [5, 5.41) is 0.109. The van der Waals surface area contributed by atoms with Gasteiger partial charge in [-0.05, 0) is 12.1 Å². The van der Waals surface area contributed by atoms with Gasteiger partial charge in [-0.25, -0.2) is 4.39 Å². The zero-order valence-corrected chi connectivity index (χ0v) is 12.4. The van der Waals surface area contributed by atoms with Crippen molar-refractivity contribution in [2.45, 2.75) is 0 Å². The number of halogens is 2. The number of hydrogen-bond donors (Lipinski definition) is 2. The lowest BCUT2D eigenvalue weighted by atomic mass is 10.1. The molecular weight excluding hydrogens is 311 g/mol. The summed E-state index contributed by atoms with van der Waals surface area (Å²) >= 11 is 5.99. The second kappa shape index (κ2) is 5.94. The molecule has 116 valence electrons. The number of benzene rings is 1. The molecule has 6 nitrogen and oxygen atoms in total. The summed E-state index contributed by atoms with van der Waals surface area (Å²) in [4.78, 5) is 21.0. The molecule has 8 heteroatoms. The number of nitrogens with one attached hydrogen (secondary N) is 1. The maximum atomic E-state index is 14.0. The standard InChI is InChI=1S/C14H14ClFN4O2/c15-8-2-1-3-9(16)10(8)11-12(17)18-14(19-13(11)21)20-4-6-22-7-5-20/h1-3H,4-7H2,(H3,17,18,19,21). The van der Waals surface area contributed by atoms with Crippen molar-refractivity contribution in [3.63, 3.8) is 0 Å². The largest absolute Gasteiger partial charge is 0.383 e. The molecule has 1 aliphatic rings. The molecular formula is C14H14ClFN4O2. The highest BCUT2D eigenvalue weighted by molar-refractivity contribution is 6.33. The van der Waals surface area contributed by atoms with Crippen LogP contribution in [-0.2, 0) is 4.74 Å². The fourth-order valence-electron chi connectivity index (χ4n) is 2.38. The molecule has 0 spiro atoms. The predicted octanol–water partition coefficient (Wildman–Crippen LogP) is 1.65. The van der Waals surface area contributed by atoms with E-state index in [2.05, 4.69) is 9.97 Å². The highest BCUT2D eigenvalue weighted by atomic mass is 35.5. The average molecular weight is 325 g/mol. The average Bonchev–Trinajstić information content (AvgIpc) is 2.50. The number of nitrogens with zero attached hydrogens (tertiary/aromatic N) is 2. The van der Waals surface area contributed by atoms with Gasteiger partial charge in [-0.3, -0.25) is 9.78 Å². The minimum absolute atomic E-state index is 0.0380. The van der Waals surface area contributed by atoms with E-state index in [4.69, 9.17) is 22.1 Å². The Bertz CT molecular complexity index is 739. The number of aromatic amines is 1. The molecule has 3 N–H and O–H groups in total. The van der Waals surface area contributed by atoms with Gasteiger partial charge in [0.1, 0.15) is 11.6 Å². The number of aromatic nitrogens is 2. The quantitative estimate of drug-likeness (QED) is 0.877. The number of hydrogen-bond acceptors (Lipinski definition) is 5. The molecule has 0 bridgehead atoms. The van der Waals surface area contributed by atoms with Crippen LogP contribution in [-0.4, -0.2) is 36.3 Å². The fraction of sp³-hybridized carbons (Fsp3) is 0.286. The summed E-state index contributed by atoms with van der Waals surface area (Å²) in [5.41, 5.74) is 5.26. The maximum Gasteiger partial charge on any atom is 0.262 e. The third kappa shape index (κ3) is 2.65. The van der Waals surface area contributed by atoms with E-state index < -0.39 is 11.4 Å². The van der Waals surface area contributed by atoms with Crippen LogP contribution in [0.3, 0.4) is 0 Å². The molecule has 1 aromatic heterocycles. The smallest absolute Gasteiger partial charge is 0.262 e. The molecule has 0 unspecified atom stereocenters. The molecule has 0 radical (unpaired) electrons. The van der Waals surface area contributed by atoms with E-state index in [1.165, 1.54) is 18.2 Å². The topological polar surface area (TPSA) is 84.2 Å². The number of morpholine rings is 1. The van der Waals surface area contributed by atoms with Crippen LogP contribution in [0.1, 0.15) is 0 Å². The molecule has 0 aliphatic carbocycles. The van der Waals surface area contributed by atoms with Gasteiger partial charge in [0.25, 0.3) is 5.56 Å². The van der Waals surface area contributed by atoms with Crippen LogP contribution < -0.4 is 16.2 Å². The number of nitrogen functional groups attached to an aromatic ring is 1. The molecule has 0 atom stereocenters. The summed E-state index contributed by atoms with van der Waals surface area (Å²) in [5.74, 6) is -0.329. The second-order valence-corrected chi connectivity index (χ2v) is 5.25. The van der Waals surface area contributed by atoms with E-state index in [-0.39, 0.29) is 22.0 Å². The van der Waals surface area contributed by atoms with Crippen molar-refractivity contribution in [2.75, 3.05) is 36.9 Å². The van der Waals surface area contributed by atoms with E-state index in [1.54, 1.807) is 0 Å². The van der Waals surface area contributed by atoms with Crippen molar-refractivity contribution in [1.82, 2.24) is 9.97 Å². The Morgan fingerprint density at radius 3 is 2.68 bits per heavy atom. The van der Waals surface area contributed by atoms with E-state index in [0.717, 1.165) is 0 Å². The van der Waals surface area contributed by atoms with Gasteiger partial charge in [-0.2, -0.15) is 4.98 Å². The SMILES string of the molecule is Nc1nc(N2CCOCC2)[nH]c(=O)c1-c1c(F)cccc1Cl. The van der Waals surface area contributed by atoms with Crippen molar-refractivity contribution < 1.29 is 9.13 Å². The summed E-state index contributed by atoms with van der Waals surface area (Å²) in [6.07, 6.45) is 0. The van der Waals surface area contributed by atoms with Gasteiger partial charge in [0.05, 0.1) is 23.8 Å². The third-order valence-electron chi connectivity index (χ3n) is 3.46. The molecule has 1 aliphatic heterocycles. The first-order valence-corrected chi connectivity index (χ1v) is 7.12. The van der Waals surface area contributed by atoms with Crippen LogP contribution >= 0.6 is 11.6 Å². The van der Waals surface area contributed by atoms with Crippen LogP contribution in [0.4, 0.5) is 16.2 Å². The molecule has 22 heavy (non-hydrogen) atoms.